The Morgan fingerprint density at radius 1 is 0.667 bits per heavy atom. The first-order valence-corrected chi connectivity index (χ1v) is 17.7. The fraction of sp³-hybridized carbons (Fsp3) is 0.778. The number of aliphatic carboxylic acids is 1. The molecule has 0 rings (SSSR count). The van der Waals surface area contributed by atoms with Crippen LogP contribution in [0.2, 0.25) is 0 Å². The maximum absolute atomic E-state index is 12.6. The molecule has 0 bridgehead atoms. The van der Waals surface area contributed by atoms with E-state index in [1.165, 1.54) is 57.8 Å². The predicted octanol–water partition coefficient (Wildman–Crippen LogP) is 7.31. The van der Waals surface area contributed by atoms with Crippen molar-refractivity contribution >= 4 is 23.8 Å². The Kier molecular flexibility index (Phi) is 29.4. The maximum Gasteiger partial charge on any atom is 0.328 e. The minimum Gasteiger partial charge on any atom is -0.480 e. The van der Waals surface area contributed by atoms with Gasteiger partial charge in [-0.3, -0.25) is 14.4 Å². The van der Waals surface area contributed by atoms with E-state index >= 15 is 0 Å². The summed E-state index contributed by atoms with van der Waals surface area (Å²) in [4.78, 5) is 47.2. The van der Waals surface area contributed by atoms with Crippen molar-refractivity contribution < 1.29 is 34.1 Å². The molecule has 9 nitrogen and oxygen atoms in total. The largest absolute Gasteiger partial charge is 0.480 e. The second kappa shape index (κ2) is 31.3. The summed E-state index contributed by atoms with van der Waals surface area (Å²) >= 11 is 0. The van der Waals surface area contributed by atoms with Gasteiger partial charge in [0.1, 0.15) is 12.1 Å². The molecule has 0 radical (unpaired) electrons. The van der Waals surface area contributed by atoms with Gasteiger partial charge in [-0.25, -0.2) is 4.79 Å². The molecule has 0 aliphatic carbocycles. The Morgan fingerprint density at radius 3 is 1.87 bits per heavy atom. The van der Waals surface area contributed by atoms with Crippen molar-refractivity contribution in [2.24, 2.45) is 0 Å². The highest BCUT2D eigenvalue weighted by molar-refractivity contribution is 5.87. The molecule has 0 saturated heterocycles. The molecule has 0 aromatic carbocycles. The molecule has 0 heterocycles. The van der Waals surface area contributed by atoms with Crippen LogP contribution in [0.3, 0.4) is 0 Å². The van der Waals surface area contributed by atoms with E-state index in [9.17, 15) is 19.2 Å². The number of aliphatic hydroxyl groups is 1. The maximum atomic E-state index is 12.6. The van der Waals surface area contributed by atoms with Crippen molar-refractivity contribution in [3.8, 4) is 0 Å². The Labute approximate surface area is 273 Å². The highest BCUT2D eigenvalue weighted by Gasteiger charge is 2.18. The number of carboxylic acids is 1. The molecule has 9 heteroatoms. The van der Waals surface area contributed by atoms with E-state index in [2.05, 4.69) is 48.8 Å². The predicted molar refractivity (Wildman–Crippen MR) is 181 cm³/mol. The second-order valence-corrected chi connectivity index (χ2v) is 11.9. The fourth-order valence-corrected chi connectivity index (χ4v) is 4.84. The number of carboxylic acid groups (broad SMARTS) is 1. The van der Waals surface area contributed by atoms with Gasteiger partial charge in [0.25, 0.3) is 0 Å². The van der Waals surface area contributed by atoms with Gasteiger partial charge in [-0.15, -0.1) is 0 Å². The van der Waals surface area contributed by atoms with Gasteiger partial charge in [-0.2, -0.15) is 0 Å². The minimum absolute atomic E-state index is 0.124. The van der Waals surface area contributed by atoms with Crippen LogP contribution in [-0.2, 0) is 23.9 Å². The van der Waals surface area contributed by atoms with E-state index in [4.69, 9.17) is 14.9 Å². The molecule has 260 valence electrons. The number of rotatable bonds is 31. The zero-order valence-corrected chi connectivity index (χ0v) is 28.4. The number of hydrogen-bond donors (Lipinski definition) is 4. The lowest BCUT2D eigenvalue weighted by molar-refractivity contribution is -0.147. The molecule has 0 aromatic rings. The smallest absolute Gasteiger partial charge is 0.328 e. The Bertz CT molecular complexity index is 828. The van der Waals surface area contributed by atoms with Gasteiger partial charge in [-0.05, 0) is 63.9 Å². The molecule has 0 aliphatic rings. The van der Waals surface area contributed by atoms with E-state index < -0.39 is 24.5 Å². The third-order valence-corrected chi connectivity index (χ3v) is 7.66. The van der Waals surface area contributed by atoms with E-state index in [1.807, 2.05) is 0 Å². The molecule has 0 spiro atoms. The van der Waals surface area contributed by atoms with Gasteiger partial charge >= 0.3 is 11.9 Å². The van der Waals surface area contributed by atoms with E-state index in [0.29, 0.717) is 12.8 Å². The molecule has 45 heavy (non-hydrogen) atoms. The number of ether oxygens (including phenoxy) is 1. The number of nitrogens with one attached hydrogen (secondary N) is 2. The van der Waals surface area contributed by atoms with Crippen molar-refractivity contribution in [2.45, 2.75) is 167 Å². The number of aliphatic hydroxyl groups excluding tert-OH is 1. The summed E-state index contributed by atoms with van der Waals surface area (Å²) in [7, 11) is 0. The topological polar surface area (TPSA) is 142 Å². The van der Waals surface area contributed by atoms with Crippen molar-refractivity contribution in [3.05, 3.63) is 24.3 Å². The average Bonchev–Trinajstić information content (AvgIpc) is 3.02. The van der Waals surface area contributed by atoms with E-state index in [0.717, 1.165) is 64.2 Å². The van der Waals surface area contributed by atoms with Crippen LogP contribution in [0, 0.1) is 0 Å². The van der Waals surface area contributed by atoms with Gasteiger partial charge in [0, 0.05) is 12.8 Å². The van der Waals surface area contributed by atoms with Gasteiger partial charge in [0.15, 0.2) is 0 Å². The van der Waals surface area contributed by atoms with Crippen molar-refractivity contribution in [3.63, 3.8) is 0 Å². The number of carbonyl (C=O) groups is 4. The standard InChI is InChI=1S/C36H64N2O7/c1-3-5-7-9-11-12-13-14-16-18-24-28-35(42)45-31(25-21-17-15-10-8-6-4-2)26-22-19-20-23-27-33(40)37-29-34(41)38-32(30-39)36(43)44/h9,11,21,25,31-32,39H,3-8,10,12-20,22-24,26-30H2,1-2H3,(H,37,40)(H,38,41)(H,43,44)/b11-9-,25-21-. The van der Waals surface area contributed by atoms with Gasteiger partial charge in [0.2, 0.25) is 11.8 Å². The third-order valence-electron chi connectivity index (χ3n) is 7.66. The quantitative estimate of drug-likeness (QED) is 0.0355. The number of allylic oxidation sites excluding steroid dienone is 3. The summed E-state index contributed by atoms with van der Waals surface area (Å²) in [5.41, 5.74) is 0. The third kappa shape index (κ3) is 28.5. The first-order chi connectivity index (χ1) is 21.8. The molecular formula is C36H64N2O7. The lowest BCUT2D eigenvalue weighted by Crippen LogP contribution is -2.47. The zero-order chi connectivity index (χ0) is 33.4. The fourth-order valence-electron chi connectivity index (χ4n) is 4.84. The van der Waals surface area contributed by atoms with Crippen molar-refractivity contribution in [2.75, 3.05) is 13.2 Å². The normalized spacial score (nSPS) is 12.8. The van der Waals surface area contributed by atoms with Crippen LogP contribution in [0.5, 0.6) is 0 Å². The number of amides is 2. The van der Waals surface area contributed by atoms with Gasteiger partial charge < -0.3 is 25.6 Å². The summed E-state index contributed by atoms with van der Waals surface area (Å²) < 4.78 is 5.85. The Balaban J connectivity index is 4.31. The molecule has 2 amide bonds. The molecule has 0 saturated carbocycles. The monoisotopic (exact) mass is 636 g/mol. The van der Waals surface area contributed by atoms with Crippen molar-refractivity contribution in [1.82, 2.24) is 10.6 Å². The molecule has 4 N–H and O–H groups in total. The van der Waals surface area contributed by atoms with Crippen LogP contribution < -0.4 is 10.6 Å². The lowest BCUT2D eigenvalue weighted by atomic mass is 10.1. The molecule has 0 aliphatic heterocycles. The first-order valence-electron chi connectivity index (χ1n) is 17.7. The second-order valence-electron chi connectivity index (χ2n) is 11.9. The number of hydrogen-bond acceptors (Lipinski definition) is 6. The van der Waals surface area contributed by atoms with Crippen molar-refractivity contribution in [1.29, 1.82) is 0 Å². The first kappa shape index (κ1) is 42.3. The van der Waals surface area contributed by atoms with Gasteiger partial charge in [0.05, 0.1) is 13.2 Å². The molecule has 2 atom stereocenters. The molecule has 0 aromatic heterocycles. The average molecular weight is 637 g/mol. The molecule has 2 unspecified atom stereocenters. The number of unbranched alkanes of at least 4 members (excludes halogenated alkanes) is 15. The minimum atomic E-state index is -1.39. The van der Waals surface area contributed by atoms with Crippen LogP contribution in [0.4, 0.5) is 0 Å². The van der Waals surface area contributed by atoms with Crippen LogP contribution >= 0.6 is 0 Å². The molecular weight excluding hydrogens is 572 g/mol. The SMILES string of the molecule is CCCC/C=C\CCCCCCCC(=O)OC(/C=C\CCCCCCC)CCCCCCC(=O)NCC(=O)NC(CO)C(=O)O. The van der Waals surface area contributed by atoms with E-state index in [-0.39, 0.29) is 30.9 Å². The van der Waals surface area contributed by atoms with Crippen LogP contribution in [0.25, 0.3) is 0 Å². The summed E-state index contributed by atoms with van der Waals surface area (Å²) in [5, 5.41) is 22.4. The summed E-state index contributed by atoms with van der Waals surface area (Å²) in [6, 6.07) is -1.39. The van der Waals surface area contributed by atoms with Crippen LogP contribution in [-0.4, -0.2) is 59.3 Å². The summed E-state index contributed by atoms with van der Waals surface area (Å²) in [6.45, 7) is 3.37. The lowest BCUT2D eigenvalue weighted by Gasteiger charge is -2.15. The number of esters is 1. The summed E-state index contributed by atoms with van der Waals surface area (Å²) in [5.74, 6) is -2.41. The highest BCUT2D eigenvalue weighted by atomic mass is 16.5. The van der Waals surface area contributed by atoms with Gasteiger partial charge in [-0.1, -0.05) is 103 Å². The Hall–Kier alpha value is -2.68. The van der Waals surface area contributed by atoms with Crippen LogP contribution in [0.1, 0.15) is 155 Å². The Morgan fingerprint density at radius 2 is 1.22 bits per heavy atom. The molecule has 0 fully saturated rings. The van der Waals surface area contributed by atoms with E-state index in [1.54, 1.807) is 0 Å². The summed E-state index contributed by atoms with van der Waals surface area (Å²) in [6.07, 6.45) is 30.8. The van der Waals surface area contributed by atoms with Crippen LogP contribution in [0.15, 0.2) is 24.3 Å². The number of carbonyl (C=O) groups excluding carboxylic acids is 3. The zero-order valence-electron chi connectivity index (χ0n) is 28.4. The highest BCUT2D eigenvalue weighted by Crippen LogP contribution is 2.15.